The van der Waals surface area contributed by atoms with Gasteiger partial charge in [0.25, 0.3) is 0 Å². The highest BCUT2D eigenvalue weighted by molar-refractivity contribution is 5.75. The number of nitrogens with two attached hydrogens (primary N) is 1. The van der Waals surface area contributed by atoms with E-state index in [-0.39, 0.29) is 12.0 Å². The lowest BCUT2D eigenvalue weighted by Crippen LogP contribution is -2.39. The third kappa shape index (κ3) is 4.40. The lowest BCUT2D eigenvalue weighted by Gasteiger charge is -2.19. The minimum Gasteiger partial charge on any atom is -0.349 e. The predicted molar refractivity (Wildman–Crippen MR) is 70.9 cm³/mol. The molecule has 2 rings (SSSR count). The molecule has 2 amide bonds. The van der Waals surface area contributed by atoms with Crippen molar-refractivity contribution in [1.29, 1.82) is 0 Å². The number of carbonyl (C=O) groups excluding carboxylic acids is 2. The molecule has 2 aliphatic rings. The molecule has 0 radical (unpaired) electrons. The van der Waals surface area contributed by atoms with Crippen molar-refractivity contribution in [3.8, 4) is 0 Å². The molecular weight excluding hydrogens is 244 g/mol. The van der Waals surface area contributed by atoms with Crippen LogP contribution in [0, 0.1) is 11.8 Å². The van der Waals surface area contributed by atoms with Crippen molar-refractivity contribution in [1.82, 2.24) is 5.06 Å². The van der Waals surface area contributed by atoms with E-state index in [0.717, 1.165) is 36.7 Å². The summed E-state index contributed by atoms with van der Waals surface area (Å²) in [6, 6.07) is -0.653. The smallest absolute Gasteiger partial charge is 0.348 e. The van der Waals surface area contributed by atoms with Crippen molar-refractivity contribution in [3.63, 3.8) is 0 Å². The van der Waals surface area contributed by atoms with Crippen molar-refractivity contribution in [3.05, 3.63) is 0 Å². The Hall–Kier alpha value is -1.26. The van der Waals surface area contributed by atoms with Crippen LogP contribution in [0.1, 0.15) is 58.3 Å². The van der Waals surface area contributed by atoms with E-state index >= 15 is 0 Å². The maximum atomic E-state index is 11.8. The topological polar surface area (TPSA) is 72.6 Å². The molecule has 0 spiro atoms. The molecule has 0 aromatic carbocycles. The van der Waals surface area contributed by atoms with Gasteiger partial charge in [-0.25, -0.2) is 9.59 Å². The highest BCUT2D eigenvalue weighted by Gasteiger charge is 2.35. The fraction of sp³-hybridized carbons (Fsp3) is 0.857. The molecule has 0 bridgehead atoms. The number of amides is 2. The first-order valence-electron chi connectivity index (χ1n) is 7.41. The van der Waals surface area contributed by atoms with Gasteiger partial charge in [0.2, 0.25) is 0 Å². The van der Waals surface area contributed by atoms with Crippen LogP contribution in [0.5, 0.6) is 0 Å². The maximum Gasteiger partial charge on any atom is 0.348 e. The lowest BCUT2D eigenvalue weighted by atomic mass is 9.93. The summed E-state index contributed by atoms with van der Waals surface area (Å²) in [5, 5.41) is 1.05. The van der Waals surface area contributed by atoms with Gasteiger partial charge in [0.05, 0.1) is 6.04 Å². The molecule has 0 aliphatic heterocycles. The Morgan fingerprint density at radius 2 is 1.95 bits per heavy atom. The fourth-order valence-corrected chi connectivity index (χ4v) is 2.62. The second-order valence-corrected chi connectivity index (χ2v) is 5.78. The van der Waals surface area contributed by atoms with Crippen LogP contribution in [-0.4, -0.2) is 23.1 Å². The number of primary amides is 1. The Morgan fingerprint density at radius 1 is 1.26 bits per heavy atom. The molecule has 1 atom stereocenters. The second-order valence-electron chi connectivity index (χ2n) is 5.78. The Balaban J connectivity index is 1.72. The molecule has 0 aromatic heterocycles. The summed E-state index contributed by atoms with van der Waals surface area (Å²) in [5.74, 6) is 1.12. The molecular formula is C14H24N2O3. The van der Waals surface area contributed by atoms with Gasteiger partial charge < -0.3 is 10.6 Å². The number of urea groups is 1. The summed E-state index contributed by atoms with van der Waals surface area (Å²) in [7, 11) is 0. The van der Waals surface area contributed by atoms with E-state index in [9.17, 15) is 9.59 Å². The summed E-state index contributed by atoms with van der Waals surface area (Å²) >= 11 is 0. The van der Waals surface area contributed by atoms with E-state index in [1.54, 1.807) is 0 Å². The van der Waals surface area contributed by atoms with Crippen LogP contribution in [0.2, 0.25) is 0 Å². The molecule has 2 N–H and O–H groups in total. The van der Waals surface area contributed by atoms with E-state index in [0.29, 0.717) is 12.3 Å². The molecule has 2 saturated carbocycles. The minimum absolute atomic E-state index is 0.0105. The van der Waals surface area contributed by atoms with Gasteiger partial charge in [-0.1, -0.05) is 19.8 Å². The van der Waals surface area contributed by atoms with Gasteiger partial charge in [-0.05, 0) is 43.9 Å². The lowest BCUT2D eigenvalue weighted by molar-refractivity contribution is -0.178. The van der Waals surface area contributed by atoms with Gasteiger partial charge in [-0.2, -0.15) is 5.06 Å². The molecule has 5 heteroatoms. The van der Waals surface area contributed by atoms with E-state index in [1.165, 1.54) is 19.3 Å². The summed E-state index contributed by atoms with van der Waals surface area (Å²) in [6.07, 6.45) is 7.94. The van der Waals surface area contributed by atoms with Crippen molar-refractivity contribution in [2.24, 2.45) is 17.6 Å². The third-order valence-corrected chi connectivity index (χ3v) is 3.96. The number of hydrogen-bond acceptors (Lipinski definition) is 3. The fourth-order valence-electron chi connectivity index (χ4n) is 2.62. The van der Waals surface area contributed by atoms with E-state index in [4.69, 9.17) is 10.6 Å². The molecule has 1 unspecified atom stereocenters. The van der Waals surface area contributed by atoms with E-state index in [2.05, 4.69) is 6.92 Å². The number of nitrogens with zero attached hydrogens (tertiary/aromatic N) is 1. The van der Waals surface area contributed by atoms with Gasteiger partial charge in [0.15, 0.2) is 0 Å². The van der Waals surface area contributed by atoms with Crippen LogP contribution >= 0.6 is 0 Å². The van der Waals surface area contributed by atoms with Crippen LogP contribution in [-0.2, 0) is 9.63 Å². The SMILES string of the molecule is CCCC(CCC(=O)ON(C(N)=O)C1CC1)C1CC1. The standard InChI is InChI=1S/C14H24N2O3/c1-2-3-10(11-4-5-11)6-9-13(17)19-16(14(15)18)12-7-8-12/h10-12H,2-9H2,1H3,(H2,15,18). The normalized spacial score (nSPS) is 19.8. The highest BCUT2D eigenvalue weighted by atomic mass is 16.7. The average Bonchev–Trinajstić information content (AvgIpc) is 3.23. The Bertz CT molecular complexity index is 338. The van der Waals surface area contributed by atoms with Crippen molar-refractivity contribution in [2.45, 2.75) is 64.3 Å². The molecule has 19 heavy (non-hydrogen) atoms. The summed E-state index contributed by atoms with van der Waals surface area (Å²) < 4.78 is 0. The van der Waals surface area contributed by atoms with Crippen molar-refractivity contribution < 1.29 is 14.4 Å². The molecule has 2 aliphatic carbocycles. The van der Waals surface area contributed by atoms with Gasteiger partial charge in [0.1, 0.15) is 0 Å². The number of rotatable bonds is 7. The first-order valence-corrected chi connectivity index (χ1v) is 7.41. The minimum atomic E-state index is -0.664. The molecule has 108 valence electrons. The Labute approximate surface area is 114 Å². The van der Waals surface area contributed by atoms with Crippen molar-refractivity contribution >= 4 is 12.0 Å². The zero-order valence-corrected chi connectivity index (χ0v) is 11.6. The zero-order chi connectivity index (χ0) is 13.8. The van der Waals surface area contributed by atoms with Gasteiger partial charge in [0, 0.05) is 6.42 Å². The van der Waals surface area contributed by atoms with Crippen LogP contribution in [0.25, 0.3) is 0 Å². The first-order chi connectivity index (χ1) is 9.11. The van der Waals surface area contributed by atoms with Gasteiger partial charge in [-0.3, -0.25) is 0 Å². The highest BCUT2D eigenvalue weighted by Crippen LogP contribution is 2.41. The van der Waals surface area contributed by atoms with Crippen LogP contribution in [0.3, 0.4) is 0 Å². The monoisotopic (exact) mass is 268 g/mol. The van der Waals surface area contributed by atoms with Crippen LogP contribution in [0.15, 0.2) is 0 Å². The summed E-state index contributed by atoms with van der Waals surface area (Å²) in [6.45, 7) is 2.18. The zero-order valence-electron chi connectivity index (χ0n) is 11.6. The number of hydroxylamine groups is 2. The second kappa shape index (κ2) is 6.26. The van der Waals surface area contributed by atoms with Gasteiger partial charge in [-0.15, -0.1) is 0 Å². The molecule has 2 fully saturated rings. The predicted octanol–water partition coefficient (Wildman–Crippen LogP) is 2.59. The van der Waals surface area contributed by atoms with E-state index < -0.39 is 6.03 Å². The number of hydrogen-bond donors (Lipinski definition) is 1. The van der Waals surface area contributed by atoms with Crippen molar-refractivity contribution in [2.75, 3.05) is 0 Å². The third-order valence-electron chi connectivity index (χ3n) is 3.96. The molecule has 0 heterocycles. The quantitative estimate of drug-likeness (QED) is 0.721. The Morgan fingerprint density at radius 3 is 2.42 bits per heavy atom. The molecule has 5 nitrogen and oxygen atoms in total. The average molecular weight is 268 g/mol. The van der Waals surface area contributed by atoms with Crippen LogP contribution < -0.4 is 5.73 Å². The summed E-state index contributed by atoms with van der Waals surface area (Å²) in [4.78, 5) is 28.0. The molecule has 0 saturated heterocycles. The first kappa shape index (κ1) is 14.2. The molecule has 0 aromatic rings. The largest absolute Gasteiger partial charge is 0.349 e. The Kier molecular flexibility index (Phi) is 4.66. The maximum absolute atomic E-state index is 11.8. The number of carbonyl (C=O) groups is 2. The van der Waals surface area contributed by atoms with E-state index in [1.807, 2.05) is 0 Å². The van der Waals surface area contributed by atoms with Crippen LogP contribution in [0.4, 0.5) is 4.79 Å². The van der Waals surface area contributed by atoms with Gasteiger partial charge >= 0.3 is 12.0 Å². The summed E-state index contributed by atoms with van der Waals surface area (Å²) in [5.41, 5.74) is 5.20.